The van der Waals surface area contributed by atoms with E-state index in [4.69, 9.17) is 0 Å². The maximum absolute atomic E-state index is 4.32. The van der Waals surface area contributed by atoms with E-state index in [-0.39, 0.29) is 0 Å². The standard InChI is InChI=1S/C12H16BrN3S/c1-9-10(8-16(2)15-9)7-14-6-5-11-3-4-12(13)17-11/h3-4,8,14H,5-7H2,1-2H3. The van der Waals surface area contributed by atoms with Crippen molar-refractivity contribution in [3.8, 4) is 0 Å². The average Bonchev–Trinajstić information content (AvgIpc) is 2.81. The molecule has 0 unspecified atom stereocenters. The fraction of sp³-hybridized carbons (Fsp3) is 0.417. The van der Waals surface area contributed by atoms with Crippen LogP contribution in [0.15, 0.2) is 22.1 Å². The van der Waals surface area contributed by atoms with Gasteiger partial charge in [0.15, 0.2) is 0 Å². The second kappa shape index (κ2) is 5.80. The summed E-state index contributed by atoms with van der Waals surface area (Å²) < 4.78 is 3.07. The van der Waals surface area contributed by atoms with Crippen LogP contribution in [0.3, 0.4) is 0 Å². The van der Waals surface area contributed by atoms with E-state index in [9.17, 15) is 0 Å². The highest BCUT2D eigenvalue weighted by Crippen LogP contribution is 2.22. The summed E-state index contributed by atoms with van der Waals surface area (Å²) in [5.41, 5.74) is 2.39. The lowest BCUT2D eigenvalue weighted by atomic mass is 10.2. The van der Waals surface area contributed by atoms with E-state index in [1.807, 2.05) is 18.7 Å². The molecule has 0 aliphatic rings. The van der Waals surface area contributed by atoms with Crippen LogP contribution in [-0.4, -0.2) is 16.3 Å². The third kappa shape index (κ3) is 3.66. The third-order valence-electron chi connectivity index (χ3n) is 2.61. The van der Waals surface area contributed by atoms with Crippen molar-refractivity contribution < 1.29 is 0 Å². The van der Waals surface area contributed by atoms with Crippen LogP contribution in [0.4, 0.5) is 0 Å². The van der Waals surface area contributed by atoms with Gasteiger partial charge in [0.1, 0.15) is 0 Å². The van der Waals surface area contributed by atoms with E-state index in [1.54, 1.807) is 11.3 Å². The summed E-state index contributed by atoms with van der Waals surface area (Å²) in [7, 11) is 1.96. The van der Waals surface area contributed by atoms with Gasteiger partial charge in [0, 0.05) is 36.8 Å². The minimum absolute atomic E-state index is 0.895. The Morgan fingerprint density at radius 3 is 2.88 bits per heavy atom. The summed E-state index contributed by atoms with van der Waals surface area (Å²) in [6.07, 6.45) is 3.15. The van der Waals surface area contributed by atoms with Crippen molar-refractivity contribution in [3.63, 3.8) is 0 Å². The first-order chi connectivity index (χ1) is 8.15. The molecule has 2 rings (SSSR count). The number of halogens is 1. The maximum Gasteiger partial charge on any atom is 0.0701 e. The molecule has 0 saturated carbocycles. The number of nitrogens with zero attached hydrogens (tertiary/aromatic N) is 2. The number of nitrogens with one attached hydrogen (secondary N) is 1. The van der Waals surface area contributed by atoms with Crippen LogP contribution in [0.1, 0.15) is 16.1 Å². The average molecular weight is 314 g/mol. The Morgan fingerprint density at radius 1 is 1.47 bits per heavy atom. The first kappa shape index (κ1) is 12.8. The maximum atomic E-state index is 4.32. The first-order valence-electron chi connectivity index (χ1n) is 5.59. The van der Waals surface area contributed by atoms with Gasteiger partial charge in [-0.3, -0.25) is 4.68 Å². The second-order valence-electron chi connectivity index (χ2n) is 4.05. The molecule has 0 radical (unpaired) electrons. The van der Waals surface area contributed by atoms with Gasteiger partial charge >= 0.3 is 0 Å². The summed E-state index contributed by atoms with van der Waals surface area (Å²) >= 11 is 5.28. The Hall–Kier alpha value is -0.650. The van der Waals surface area contributed by atoms with E-state index in [2.05, 4.69) is 44.7 Å². The number of aryl methyl sites for hydroxylation is 2. The largest absolute Gasteiger partial charge is 0.312 e. The molecule has 92 valence electrons. The summed E-state index contributed by atoms with van der Waals surface area (Å²) in [5, 5.41) is 7.78. The van der Waals surface area contributed by atoms with Crippen LogP contribution in [0.2, 0.25) is 0 Å². The number of rotatable bonds is 5. The Kier molecular flexibility index (Phi) is 4.36. The lowest BCUT2D eigenvalue weighted by Crippen LogP contribution is -2.16. The fourth-order valence-electron chi connectivity index (χ4n) is 1.74. The van der Waals surface area contributed by atoms with E-state index in [0.29, 0.717) is 0 Å². The molecule has 0 bridgehead atoms. The zero-order valence-electron chi connectivity index (χ0n) is 10.0. The molecule has 0 atom stereocenters. The van der Waals surface area contributed by atoms with Gasteiger partial charge in [-0.15, -0.1) is 11.3 Å². The molecule has 0 amide bonds. The molecule has 2 aromatic rings. The van der Waals surface area contributed by atoms with Gasteiger partial charge < -0.3 is 5.32 Å². The number of hydrogen-bond donors (Lipinski definition) is 1. The molecule has 3 nitrogen and oxygen atoms in total. The molecule has 0 saturated heterocycles. The monoisotopic (exact) mass is 313 g/mol. The first-order valence-corrected chi connectivity index (χ1v) is 7.20. The lowest BCUT2D eigenvalue weighted by molar-refractivity contribution is 0.687. The highest BCUT2D eigenvalue weighted by Gasteiger charge is 2.02. The Bertz CT molecular complexity index is 490. The zero-order chi connectivity index (χ0) is 12.3. The van der Waals surface area contributed by atoms with E-state index < -0.39 is 0 Å². The minimum atomic E-state index is 0.895. The number of aromatic nitrogens is 2. The second-order valence-corrected chi connectivity index (χ2v) is 6.59. The highest BCUT2D eigenvalue weighted by atomic mass is 79.9. The highest BCUT2D eigenvalue weighted by molar-refractivity contribution is 9.11. The third-order valence-corrected chi connectivity index (χ3v) is 4.29. The van der Waals surface area contributed by atoms with Crippen LogP contribution in [-0.2, 0) is 20.0 Å². The lowest BCUT2D eigenvalue weighted by Gasteiger charge is -2.02. The van der Waals surface area contributed by atoms with Gasteiger partial charge in [0.2, 0.25) is 0 Å². The number of thiophene rings is 1. The SMILES string of the molecule is Cc1nn(C)cc1CNCCc1ccc(Br)s1. The molecular weight excluding hydrogens is 298 g/mol. The van der Waals surface area contributed by atoms with Gasteiger partial charge in [-0.2, -0.15) is 5.10 Å². The van der Waals surface area contributed by atoms with Gasteiger partial charge in [0.05, 0.1) is 9.48 Å². The van der Waals surface area contributed by atoms with Crippen LogP contribution in [0.25, 0.3) is 0 Å². The Balaban J connectivity index is 1.75. The van der Waals surface area contributed by atoms with Crippen molar-refractivity contribution in [1.82, 2.24) is 15.1 Å². The summed E-state index contributed by atoms with van der Waals surface area (Å²) in [6.45, 7) is 3.95. The van der Waals surface area contributed by atoms with Crippen molar-refractivity contribution >= 4 is 27.3 Å². The van der Waals surface area contributed by atoms with E-state index in [0.717, 1.165) is 25.2 Å². The number of hydrogen-bond acceptors (Lipinski definition) is 3. The summed E-state index contributed by atoms with van der Waals surface area (Å²) in [5.74, 6) is 0. The van der Waals surface area contributed by atoms with Gasteiger partial charge in [-0.05, 0) is 41.4 Å². The molecule has 0 aliphatic carbocycles. The molecule has 2 heterocycles. The normalized spacial score (nSPS) is 11.0. The van der Waals surface area contributed by atoms with Crippen molar-refractivity contribution in [3.05, 3.63) is 38.3 Å². The zero-order valence-corrected chi connectivity index (χ0v) is 12.4. The summed E-state index contributed by atoms with van der Waals surface area (Å²) in [4.78, 5) is 1.41. The Morgan fingerprint density at radius 2 is 2.29 bits per heavy atom. The summed E-state index contributed by atoms with van der Waals surface area (Å²) in [6, 6.07) is 4.27. The Labute approximate surface area is 114 Å². The molecule has 0 spiro atoms. The smallest absolute Gasteiger partial charge is 0.0701 e. The van der Waals surface area contributed by atoms with Gasteiger partial charge in [-0.25, -0.2) is 0 Å². The molecule has 0 aliphatic heterocycles. The van der Waals surface area contributed by atoms with Crippen molar-refractivity contribution in [1.29, 1.82) is 0 Å². The van der Waals surface area contributed by atoms with E-state index in [1.165, 1.54) is 14.2 Å². The minimum Gasteiger partial charge on any atom is -0.312 e. The van der Waals surface area contributed by atoms with E-state index >= 15 is 0 Å². The van der Waals surface area contributed by atoms with Crippen LogP contribution >= 0.6 is 27.3 Å². The predicted molar refractivity (Wildman–Crippen MR) is 75.4 cm³/mol. The van der Waals surface area contributed by atoms with Crippen LogP contribution < -0.4 is 5.32 Å². The van der Waals surface area contributed by atoms with Crippen LogP contribution in [0, 0.1) is 6.92 Å². The predicted octanol–water partition coefficient (Wildman–Crippen LogP) is 2.88. The molecule has 0 aromatic carbocycles. The van der Waals surface area contributed by atoms with Gasteiger partial charge in [0.25, 0.3) is 0 Å². The quantitative estimate of drug-likeness (QED) is 0.860. The molecule has 2 aromatic heterocycles. The molecular formula is C12H16BrN3S. The molecule has 0 fully saturated rings. The van der Waals surface area contributed by atoms with Crippen molar-refractivity contribution in [2.75, 3.05) is 6.54 Å². The molecule has 5 heteroatoms. The van der Waals surface area contributed by atoms with Crippen LogP contribution in [0.5, 0.6) is 0 Å². The van der Waals surface area contributed by atoms with Crippen molar-refractivity contribution in [2.45, 2.75) is 19.9 Å². The van der Waals surface area contributed by atoms with Gasteiger partial charge in [-0.1, -0.05) is 0 Å². The molecule has 1 N–H and O–H groups in total. The molecule has 17 heavy (non-hydrogen) atoms. The topological polar surface area (TPSA) is 29.9 Å². The fourth-order valence-corrected chi connectivity index (χ4v) is 3.23. The van der Waals surface area contributed by atoms with Crippen molar-refractivity contribution in [2.24, 2.45) is 7.05 Å².